The second-order valence-electron chi connectivity index (χ2n) is 12.2. The van der Waals surface area contributed by atoms with E-state index in [1.807, 2.05) is 44.2 Å². The van der Waals surface area contributed by atoms with Crippen molar-refractivity contribution in [2.75, 3.05) is 13.2 Å². The molecule has 1 aromatic heterocycles. The molecule has 2 amide bonds. The van der Waals surface area contributed by atoms with E-state index in [0.29, 0.717) is 31.6 Å². The van der Waals surface area contributed by atoms with E-state index in [1.165, 1.54) is 6.42 Å². The number of hydrogen-bond donors (Lipinski definition) is 2. The van der Waals surface area contributed by atoms with Gasteiger partial charge < -0.3 is 14.9 Å². The molecule has 0 bridgehead atoms. The molecule has 0 unspecified atom stereocenters. The fraction of sp³-hybridized carbons (Fsp3) is 0.500. The summed E-state index contributed by atoms with van der Waals surface area (Å²) >= 11 is 0. The summed E-state index contributed by atoms with van der Waals surface area (Å²) in [6, 6.07) is 9.83. The van der Waals surface area contributed by atoms with Gasteiger partial charge in [0.25, 0.3) is 0 Å². The van der Waals surface area contributed by atoms with Crippen LogP contribution in [0.3, 0.4) is 0 Å². The molecule has 3 heterocycles. The number of carbonyl (C=O) groups excluding carboxylic acids is 2. The molecular formula is C34H40N2O5. The van der Waals surface area contributed by atoms with E-state index >= 15 is 0 Å². The number of rotatable bonds is 7. The van der Waals surface area contributed by atoms with Crippen molar-refractivity contribution in [3.8, 4) is 5.75 Å². The third-order valence-corrected chi connectivity index (χ3v) is 9.70. The summed E-state index contributed by atoms with van der Waals surface area (Å²) in [7, 11) is 0. The van der Waals surface area contributed by atoms with E-state index < -0.39 is 0 Å². The number of aromatic nitrogens is 1. The predicted molar refractivity (Wildman–Crippen MR) is 157 cm³/mol. The number of carbonyl (C=O) groups is 2. The number of aliphatic hydroxyl groups is 1. The number of benzene rings is 1. The van der Waals surface area contributed by atoms with Gasteiger partial charge in [0, 0.05) is 18.2 Å². The monoisotopic (exact) mass is 556 g/mol. The molecule has 2 aromatic rings. The largest absolute Gasteiger partial charge is 0.507 e. The smallest absolute Gasteiger partial charge is 0.234 e. The second kappa shape index (κ2) is 11.5. The Morgan fingerprint density at radius 2 is 1.83 bits per heavy atom. The first-order chi connectivity index (χ1) is 19.9. The summed E-state index contributed by atoms with van der Waals surface area (Å²) in [6.45, 7) is 4.09. The Kier molecular flexibility index (Phi) is 7.84. The molecule has 0 radical (unpaired) electrons. The van der Waals surface area contributed by atoms with Gasteiger partial charge in [-0.05, 0) is 110 Å². The van der Waals surface area contributed by atoms with Crippen LogP contribution in [0.15, 0.2) is 47.7 Å². The number of amides is 2. The van der Waals surface area contributed by atoms with Gasteiger partial charge in [-0.15, -0.1) is 0 Å². The maximum atomic E-state index is 13.8. The third kappa shape index (κ3) is 5.15. The Morgan fingerprint density at radius 3 is 2.51 bits per heavy atom. The topological polar surface area (TPSA) is 100.0 Å². The molecule has 4 atom stereocenters. The molecule has 216 valence electrons. The number of phenolic OH excluding ortho intramolecular Hbond substituents is 1. The maximum Gasteiger partial charge on any atom is 0.234 e. The molecule has 4 aliphatic rings. The van der Waals surface area contributed by atoms with Gasteiger partial charge in [-0.1, -0.05) is 25.3 Å². The Bertz CT molecular complexity index is 1370. The predicted octanol–water partition coefficient (Wildman–Crippen LogP) is 5.37. The average molecular weight is 557 g/mol. The highest BCUT2D eigenvalue weighted by atomic mass is 16.5. The number of pyridine rings is 1. The molecule has 2 N–H and O–H groups in total. The number of hydrogen-bond acceptors (Lipinski definition) is 6. The highest BCUT2D eigenvalue weighted by molar-refractivity contribution is 6.06. The fourth-order valence-corrected chi connectivity index (χ4v) is 7.73. The zero-order valence-corrected chi connectivity index (χ0v) is 24.0. The van der Waals surface area contributed by atoms with Crippen LogP contribution < -0.4 is 0 Å². The van der Waals surface area contributed by atoms with E-state index in [-0.39, 0.29) is 48.3 Å². The highest BCUT2D eigenvalue weighted by Crippen LogP contribution is 2.50. The van der Waals surface area contributed by atoms with Crippen LogP contribution in [0.5, 0.6) is 5.75 Å². The van der Waals surface area contributed by atoms with Crippen LogP contribution >= 0.6 is 0 Å². The summed E-state index contributed by atoms with van der Waals surface area (Å²) in [5.41, 5.74) is 6.49. The molecule has 2 aliphatic heterocycles. The van der Waals surface area contributed by atoms with Crippen LogP contribution in [0.4, 0.5) is 0 Å². The number of imide groups is 1. The molecule has 1 saturated carbocycles. The lowest BCUT2D eigenvalue weighted by molar-refractivity contribution is -0.143. The Labute approximate surface area is 241 Å². The van der Waals surface area contributed by atoms with Crippen molar-refractivity contribution in [2.24, 2.45) is 17.8 Å². The minimum absolute atomic E-state index is 0.0201. The molecule has 7 nitrogen and oxygen atoms in total. The van der Waals surface area contributed by atoms with Crippen molar-refractivity contribution < 1.29 is 24.5 Å². The van der Waals surface area contributed by atoms with Crippen molar-refractivity contribution in [3.63, 3.8) is 0 Å². The molecular weight excluding hydrogens is 516 g/mol. The molecule has 3 fully saturated rings. The van der Waals surface area contributed by atoms with Crippen molar-refractivity contribution in [2.45, 2.75) is 77.4 Å². The van der Waals surface area contributed by atoms with E-state index in [9.17, 15) is 19.8 Å². The number of aromatic hydroxyl groups is 1. The second-order valence-corrected chi connectivity index (χ2v) is 12.2. The summed E-state index contributed by atoms with van der Waals surface area (Å²) in [6.07, 6.45) is 10.6. The Hall–Kier alpha value is -3.29. The van der Waals surface area contributed by atoms with Crippen molar-refractivity contribution in [1.29, 1.82) is 0 Å². The van der Waals surface area contributed by atoms with Crippen LogP contribution in [0.25, 0.3) is 11.6 Å². The Morgan fingerprint density at radius 1 is 1.07 bits per heavy atom. The zero-order chi connectivity index (χ0) is 28.7. The van der Waals surface area contributed by atoms with Crippen LogP contribution in [0.2, 0.25) is 0 Å². The highest BCUT2D eigenvalue weighted by Gasteiger charge is 2.58. The molecule has 1 aromatic carbocycles. The van der Waals surface area contributed by atoms with Crippen molar-refractivity contribution in [1.82, 2.24) is 9.88 Å². The number of aryl methyl sites for hydroxylation is 2. The van der Waals surface area contributed by atoms with Gasteiger partial charge >= 0.3 is 0 Å². The molecule has 7 heteroatoms. The molecule has 2 saturated heterocycles. The van der Waals surface area contributed by atoms with E-state index in [0.717, 1.165) is 64.8 Å². The molecule has 0 spiro atoms. The molecule has 41 heavy (non-hydrogen) atoms. The van der Waals surface area contributed by atoms with E-state index in [2.05, 4.69) is 11.1 Å². The van der Waals surface area contributed by atoms with Crippen molar-refractivity contribution in [3.05, 3.63) is 70.1 Å². The van der Waals surface area contributed by atoms with Gasteiger partial charge in [-0.3, -0.25) is 19.5 Å². The van der Waals surface area contributed by atoms with E-state index in [4.69, 9.17) is 4.74 Å². The number of allylic oxidation sites excluding steroid dienone is 1. The van der Waals surface area contributed by atoms with Gasteiger partial charge in [0.2, 0.25) is 11.8 Å². The van der Waals surface area contributed by atoms with Crippen LogP contribution in [-0.4, -0.2) is 57.3 Å². The van der Waals surface area contributed by atoms with Crippen LogP contribution in [-0.2, 0) is 14.3 Å². The van der Waals surface area contributed by atoms with Gasteiger partial charge in [-0.2, -0.15) is 0 Å². The van der Waals surface area contributed by atoms with Gasteiger partial charge in [-0.25, -0.2) is 0 Å². The normalized spacial score (nSPS) is 27.0. The number of nitrogens with zero attached hydrogens (tertiary/aromatic N) is 2. The van der Waals surface area contributed by atoms with Gasteiger partial charge in [0.05, 0.1) is 36.8 Å². The van der Waals surface area contributed by atoms with Crippen LogP contribution in [0.1, 0.15) is 73.8 Å². The minimum atomic E-state index is -0.382. The van der Waals surface area contributed by atoms with Gasteiger partial charge in [0.15, 0.2) is 0 Å². The molecule has 2 aliphatic carbocycles. The number of phenols is 1. The summed E-state index contributed by atoms with van der Waals surface area (Å²) in [4.78, 5) is 33.5. The SMILES string of the molecule is Cc1cc(/C=C(/CC[C@H]2OC[C@H]3C2=C(CO)C[C@H]2C(=O)N(C4CCCCC4)C(=O)[C@H]23)c2ccccn2)cc(C)c1O. The molecule has 6 rings (SSSR count). The number of likely N-dealkylation sites (tertiary alicyclic amines) is 1. The van der Waals surface area contributed by atoms with E-state index in [1.54, 1.807) is 11.1 Å². The zero-order valence-electron chi connectivity index (χ0n) is 24.0. The number of aliphatic hydroxyl groups excluding tert-OH is 1. The lowest BCUT2D eigenvalue weighted by Crippen LogP contribution is -2.42. The first-order valence-corrected chi connectivity index (χ1v) is 15.1. The fourth-order valence-electron chi connectivity index (χ4n) is 7.73. The lowest BCUT2D eigenvalue weighted by Gasteiger charge is -2.31. The number of ether oxygens (including phenoxy) is 1. The number of fused-ring (bicyclic) bond motifs is 3. The van der Waals surface area contributed by atoms with Crippen molar-refractivity contribution >= 4 is 23.5 Å². The summed E-state index contributed by atoms with van der Waals surface area (Å²) in [5, 5.41) is 20.7. The summed E-state index contributed by atoms with van der Waals surface area (Å²) < 4.78 is 6.36. The average Bonchev–Trinajstić information content (AvgIpc) is 3.52. The first-order valence-electron chi connectivity index (χ1n) is 15.1. The first kappa shape index (κ1) is 27.9. The van der Waals surface area contributed by atoms with Gasteiger partial charge in [0.1, 0.15) is 5.75 Å². The maximum absolute atomic E-state index is 13.8. The minimum Gasteiger partial charge on any atom is -0.507 e. The van der Waals surface area contributed by atoms with Crippen LogP contribution in [0, 0.1) is 31.6 Å². The lowest BCUT2D eigenvalue weighted by atomic mass is 9.69. The standard InChI is InChI=1S/C34H40N2O5/c1-20-14-22(15-21(2)32(20)38)16-23(28-10-6-7-13-35-28)11-12-29-30-24(18-37)17-26-31(27(30)19-41-29)34(40)36(33(26)39)25-8-4-3-5-9-25/h6-7,10,13-16,25-27,29,31,37-38H,3-5,8-9,11-12,17-19H2,1-2H3/b23-16-/t26-,27+,29-,31-/m1/s1. The third-order valence-electron chi connectivity index (χ3n) is 9.70. The summed E-state index contributed by atoms with van der Waals surface area (Å²) in [5.74, 6) is -0.673. The Balaban J connectivity index is 1.26. The quantitative estimate of drug-likeness (QED) is 0.352.